The number of halogens is 3. The van der Waals surface area contributed by atoms with E-state index in [4.69, 9.17) is 0 Å². The maximum absolute atomic E-state index is 13.7. The summed E-state index contributed by atoms with van der Waals surface area (Å²) in [6.07, 6.45) is -1.29. The monoisotopic (exact) mass is 596 g/mol. The number of nitrogens with zero attached hydrogens (tertiary/aromatic N) is 7. The van der Waals surface area contributed by atoms with Crippen molar-refractivity contribution in [1.82, 2.24) is 30.1 Å². The number of aromatic hydroxyl groups is 2. The van der Waals surface area contributed by atoms with E-state index < -0.39 is 23.2 Å². The highest BCUT2D eigenvalue weighted by Gasteiger charge is 2.32. The van der Waals surface area contributed by atoms with E-state index in [9.17, 15) is 28.2 Å². The molecule has 0 radical (unpaired) electrons. The molecule has 1 saturated carbocycles. The first-order chi connectivity index (χ1) is 20.5. The van der Waals surface area contributed by atoms with Gasteiger partial charge in [-0.05, 0) is 81.6 Å². The number of H-pyrrole nitrogens is 1. The van der Waals surface area contributed by atoms with Gasteiger partial charge in [-0.1, -0.05) is 29.8 Å². The van der Waals surface area contributed by atoms with Gasteiger partial charge in [0.15, 0.2) is 11.5 Å². The Kier molecular flexibility index (Phi) is 8.31. The van der Waals surface area contributed by atoms with Gasteiger partial charge in [0.25, 0.3) is 5.56 Å². The van der Waals surface area contributed by atoms with Gasteiger partial charge in [0.2, 0.25) is 5.88 Å². The van der Waals surface area contributed by atoms with Crippen LogP contribution in [0.25, 0.3) is 5.69 Å². The fourth-order valence-corrected chi connectivity index (χ4v) is 5.60. The van der Waals surface area contributed by atoms with Crippen LogP contribution in [0.1, 0.15) is 65.6 Å². The van der Waals surface area contributed by atoms with E-state index in [1.165, 1.54) is 6.07 Å². The number of hydrogen-bond donors (Lipinski definition) is 3. The van der Waals surface area contributed by atoms with E-state index in [-0.39, 0.29) is 41.2 Å². The zero-order chi connectivity index (χ0) is 30.9. The van der Waals surface area contributed by atoms with Gasteiger partial charge >= 0.3 is 6.18 Å². The molecule has 2 heterocycles. The number of para-hydroxylation sites is 1. The summed E-state index contributed by atoms with van der Waals surface area (Å²) in [6.45, 7) is 1.75. The summed E-state index contributed by atoms with van der Waals surface area (Å²) in [5.74, 6) is 0.160. The van der Waals surface area contributed by atoms with E-state index in [0.29, 0.717) is 28.9 Å². The molecule has 2 unspecified atom stereocenters. The van der Waals surface area contributed by atoms with Gasteiger partial charge in [-0.15, -0.1) is 20.4 Å². The summed E-state index contributed by atoms with van der Waals surface area (Å²) in [5.41, 5.74) is -0.754. The van der Waals surface area contributed by atoms with E-state index in [0.717, 1.165) is 42.0 Å². The molecular formula is C29H31F3N8O3. The lowest BCUT2D eigenvalue weighted by atomic mass is 9.77. The molecule has 2 aromatic heterocycles. The average Bonchev–Trinajstić information content (AvgIpc) is 3.51. The third-order valence-corrected chi connectivity index (χ3v) is 7.75. The van der Waals surface area contributed by atoms with E-state index >= 15 is 0 Å². The minimum Gasteiger partial charge on any atom is -0.505 e. The van der Waals surface area contributed by atoms with Crippen LogP contribution in [-0.4, -0.2) is 54.4 Å². The Morgan fingerprint density at radius 1 is 1.09 bits per heavy atom. The predicted molar refractivity (Wildman–Crippen MR) is 151 cm³/mol. The third-order valence-electron chi connectivity index (χ3n) is 7.75. The molecule has 2 atom stereocenters. The number of alkyl halides is 3. The number of tetrazole rings is 1. The lowest BCUT2D eigenvalue weighted by Crippen LogP contribution is -2.23. The molecule has 0 bridgehead atoms. The Balaban J connectivity index is 1.55. The van der Waals surface area contributed by atoms with Crippen LogP contribution in [0, 0.1) is 6.92 Å². The van der Waals surface area contributed by atoms with Gasteiger partial charge in [0.1, 0.15) is 11.4 Å². The fraction of sp³-hybridized carbons (Fsp3) is 0.379. The smallest absolute Gasteiger partial charge is 0.416 e. The van der Waals surface area contributed by atoms with Crippen molar-refractivity contribution in [2.75, 3.05) is 14.1 Å². The molecular weight excluding hydrogens is 565 g/mol. The van der Waals surface area contributed by atoms with Crippen molar-refractivity contribution in [1.29, 1.82) is 0 Å². The molecule has 5 rings (SSSR count). The van der Waals surface area contributed by atoms with Crippen LogP contribution in [-0.2, 0) is 12.7 Å². The van der Waals surface area contributed by atoms with Crippen molar-refractivity contribution in [2.45, 2.75) is 57.2 Å². The van der Waals surface area contributed by atoms with Crippen molar-refractivity contribution in [3.8, 4) is 17.3 Å². The predicted octanol–water partition coefficient (Wildman–Crippen LogP) is 6.01. The number of benzene rings is 2. The Morgan fingerprint density at radius 2 is 1.84 bits per heavy atom. The Hall–Kier alpha value is -4.59. The van der Waals surface area contributed by atoms with Gasteiger partial charge in [0, 0.05) is 18.0 Å². The summed E-state index contributed by atoms with van der Waals surface area (Å²) in [7, 11) is 3.50. The average molecular weight is 597 g/mol. The number of pyridine rings is 1. The number of aromatic nitrogens is 5. The van der Waals surface area contributed by atoms with Crippen LogP contribution in [0.5, 0.6) is 11.6 Å². The summed E-state index contributed by atoms with van der Waals surface area (Å²) in [6, 6.07) is 9.25. The standard InChI is InChI=1S/C29H31F3N8O3/c1-16-22(15-39(2)3)27(42)40(20-10-5-9-19(14-20)29(30,31)32)28(43)24(16)34-33-23-12-6-11-21(25(23)41)17-7-4-8-18(13-17)26-35-37-38-36-26/h5-6,9-12,14,17-18,41-42H,4,7-8,13,15H2,1-3H3,(H,35,36,37,38). The molecule has 14 heteroatoms. The lowest BCUT2D eigenvalue weighted by Gasteiger charge is -2.28. The second-order valence-electron chi connectivity index (χ2n) is 10.9. The summed E-state index contributed by atoms with van der Waals surface area (Å²) in [4.78, 5) is 15.4. The second kappa shape index (κ2) is 12.0. The van der Waals surface area contributed by atoms with Crippen LogP contribution in [0.15, 0.2) is 57.5 Å². The highest BCUT2D eigenvalue weighted by atomic mass is 19.4. The topological polar surface area (TPSA) is 145 Å². The summed E-state index contributed by atoms with van der Waals surface area (Å²) >= 11 is 0. The van der Waals surface area contributed by atoms with Crippen molar-refractivity contribution in [3.05, 3.63) is 80.9 Å². The Labute approximate surface area is 244 Å². The zero-order valence-electron chi connectivity index (χ0n) is 23.8. The van der Waals surface area contributed by atoms with Crippen LogP contribution in [0.2, 0.25) is 0 Å². The number of hydrogen-bond acceptors (Lipinski definition) is 9. The zero-order valence-corrected chi connectivity index (χ0v) is 23.8. The van der Waals surface area contributed by atoms with Gasteiger partial charge in [-0.3, -0.25) is 4.79 Å². The number of phenols is 1. The number of phenolic OH excluding ortho intramolecular Hbond substituents is 1. The van der Waals surface area contributed by atoms with Gasteiger partial charge in [-0.25, -0.2) is 4.57 Å². The first-order valence-corrected chi connectivity index (χ1v) is 13.7. The molecule has 0 amide bonds. The first kappa shape index (κ1) is 29.9. The maximum Gasteiger partial charge on any atom is 0.416 e. The van der Waals surface area contributed by atoms with Crippen LogP contribution < -0.4 is 5.56 Å². The minimum absolute atomic E-state index is 0.00707. The van der Waals surface area contributed by atoms with E-state index in [1.54, 1.807) is 38.1 Å². The Morgan fingerprint density at radius 3 is 2.53 bits per heavy atom. The molecule has 0 spiro atoms. The van der Waals surface area contributed by atoms with E-state index in [1.807, 2.05) is 6.07 Å². The summed E-state index contributed by atoms with van der Waals surface area (Å²) in [5, 5.41) is 45.1. The quantitative estimate of drug-likeness (QED) is 0.222. The van der Waals surface area contributed by atoms with Gasteiger partial charge in [-0.2, -0.15) is 18.4 Å². The molecule has 3 N–H and O–H groups in total. The van der Waals surface area contributed by atoms with Gasteiger partial charge in [0.05, 0.1) is 11.3 Å². The highest BCUT2D eigenvalue weighted by molar-refractivity contribution is 5.58. The molecule has 0 aliphatic heterocycles. The minimum atomic E-state index is -4.65. The molecule has 0 saturated heterocycles. The molecule has 11 nitrogen and oxygen atoms in total. The van der Waals surface area contributed by atoms with Crippen LogP contribution in [0.3, 0.4) is 0 Å². The molecule has 226 valence electrons. The largest absolute Gasteiger partial charge is 0.505 e. The SMILES string of the molecule is Cc1c(CN(C)C)c(O)n(-c2cccc(C(F)(F)F)c2)c(=O)c1N=Nc1cccc(C2CCCC(c3nn[nH]n3)C2)c1O. The number of azo groups is 1. The molecule has 4 aromatic rings. The molecule has 43 heavy (non-hydrogen) atoms. The van der Waals surface area contributed by atoms with Crippen molar-refractivity contribution >= 4 is 11.4 Å². The number of rotatable bonds is 7. The van der Waals surface area contributed by atoms with Gasteiger partial charge < -0.3 is 15.1 Å². The van der Waals surface area contributed by atoms with Crippen molar-refractivity contribution in [2.24, 2.45) is 10.2 Å². The third kappa shape index (κ3) is 6.14. The molecule has 1 aliphatic rings. The first-order valence-electron chi connectivity index (χ1n) is 13.7. The molecule has 1 fully saturated rings. The molecule has 2 aromatic carbocycles. The maximum atomic E-state index is 13.7. The van der Waals surface area contributed by atoms with Crippen molar-refractivity contribution < 1.29 is 23.4 Å². The number of aromatic amines is 1. The molecule has 1 aliphatic carbocycles. The van der Waals surface area contributed by atoms with E-state index in [2.05, 4.69) is 30.9 Å². The highest BCUT2D eigenvalue weighted by Crippen LogP contribution is 2.45. The Bertz CT molecular complexity index is 1700. The summed E-state index contributed by atoms with van der Waals surface area (Å²) < 4.78 is 41.2. The van der Waals surface area contributed by atoms with Crippen LogP contribution >= 0.6 is 0 Å². The number of nitrogens with one attached hydrogen (secondary N) is 1. The normalized spacial score (nSPS) is 17.7. The van der Waals surface area contributed by atoms with Crippen LogP contribution in [0.4, 0.5) is 24.5 Å². The second-order valence-corrected chi connectivity index (χ2v) is 10.9. The fourth-order valence-electron chi connectivity index (χ4n) is 5.60. The van der Waals surface area contributed by atoms with Crippen molar-refractivity contribution in [3.63, 3.8) is 0 Å². The lowest BCUT2D eigenvalue weighted by molar-refractivity contribution is -0.137.